The van der Waals surface area contributed by atoms with Gasteiger partial charge in [-0.3, -0.25) is 10.1 Å². The first kappa shape index (κ1) is 17.4. The monoisotopic (exact) mass is 381 g/mol. The number of amides is 1. The van der Waals surface area contributed by atoms with Gasteiger partial charge in [-0.2, -0.15) is 0 Å². The summed E-state index contributed by atoms with van der Waals surface area (Å²) in [5, 5.41) is 13.9. The van der Waals surface area contributed by atoms with Crippen molar-refractivity contribution in [2.24, 2.45) is 5.92 Å². The van der Waals surface area contributed by atoms with Gasteiger partial charge in [0.25, 0.3) is 5.91 Å². The van der Waals surface area contributed by atoms with Gasteiger partial charge in [-0.25, -0.2) is 4.98 Å². The van der Waals surface area contributed by atoms with Crippen molar-refractivity contribution in [3.05, 3.63) is 59.2 Å². The van der Waals surface area contributed by atoms with E-state index in [1.54, 1.807) is 17.6 Å². The summed E-state index contributed by atoms with van der Waals surface area (Å²) < 4.78 is 5.93. The standard InChI is InChI=1S/C19H19N5O2S/c25-18(23-19-24-22-12-27-19)15-7-8-17(21-10-15)20-9-14-3-1-2-4-16(14)26-11-13-5-6-13/h1-4,7-8,10,12-13H,5-6,9,11H2,(H,20,21)(H,23,24,25). The van der Waals surface area contributed by atoms with Gasteiger partial charge in [-0.15, -0.1) is 10.2 Å². The van der Waals surface area contributed by atoms with E-state index >= 15 is 0 Å². The minimum Gasteiger partial charge on any atom is -0.493 e. The van der Waals surface area contributed by atoms with Crippen molar-refractivity contribution in [2.75, 3.05) is 17.2 Å². The number of aromatic nitrogens is 3. The summed E-state index contributed by atoms with van der Waals surface area (Å²) in [7, 11) is 0. The highest BCUT2D eigenvalue weighted by Gasteiger charge is 2.22. The predicted molar refractivity (Wildman–Crippen MR) is 104 cm³/mol. The van der Waals surface area contributed by atoms with Crippen LogP contribution in [0.25, 0.3) is 0 Å². The first-order valence-corrected chi connectivity index (χ1v) is 9.64. The van der Waals surface area contributed by atoms with Crippen molar-refractivity contribution in [2.45, 2.75) is 19.4 Å². The highest BCUT2D eigenvalue weighted by atomic mass is 32.1. The molecule has 1 aromatic carbocycles. The second-order valence-electron chi connectivity index (χ2n) is 6.35. The summed E-state index contributed by atoms with van der Waals surface area (Å²) in [5.41, 5.74) is 3.11. The Hall–Kier alpha value is -3.00. The summed E-state index contributed by atoms with van der Waals surface area (Å²) in [6.07, 6.45) is 4.07. The van der Waals surface area contributed by atoms with Crippen molar-refractivity contribution in [3.63, 3.8) is 0 Å². The molecule has 1 saturated carbocycles. The van der Waals surface area contributed by atoms with Crippen molar-refractivity contribution in [3.8, 4) is 5.75 Å². The number of para-hydroxylation sites is 1. The molecule has 0 radical (unpaired) electrons. The van der Waals surface area contributed by atoms with Crippen LogP contribution >= 0.6 is 11.3 Å². The summed E-state index contributed by atoms with van der Waals surface area (Å²) in [6, 6.07) is 11.5. The zero-order valence-corrected chi connectivity index (χ0v) is 15.4. The van der Waals surface area contributed by atoms with Gasteiger partial charge >= 0.3 is 0 Å². The molecule has 2 N–H and O–H groups in total. The quantitative estimate of drug-likeness (QED) is 0.620. The number of pyridine rings is 1. The van der Waals surface area contributed by atoms with E-state index in [9.17, 15) is 4.79 Å². The number of ether oxygens (including phenoxy) is 1. The molecule has 1 amide bonds. The summed E-state index contributed by atoms with van der Waals surface area (Å²) >= 11 is 1.27. The zero-order valence-electron chi connectivity index (χ0n) is 14.6. The van der Waals surface area contributed by atoms with Crippen LogP contribution in [-0.2, 0) is 6.54 Å². The number of nitrogens with one attached hydrogen (secondary N) is 2. The largest absolute Gasteiger partial charge is 0.493 e. The van der Waals surface area contributed by atoms with E-state index in [2.05, 4.69) is 25.8 Å². The highest BCUT2D eigenvalue weighted by Crippen LogP contribution is 2.30. The average Bonchev–Trinajstić information content (AvgIpc) is 3.40. The number of carbonyl (C=O) groups excluding carboxylic acids is 1. The van der Waals surface area contributed by atoms with E-state index in [-0.39, 0.29) is 5.91 Å². The molecular weight excluding hydrogens is 362 g/mol. The van der Waals surface area contributed by atoms with Crippen molar-refractivity contribution < 1.29 is 9.53 Å². The summed E-state index contributed by atoms with van der Waals surface area (Å²) in [5.74, 6) is 2.06. The smallest absolute Gasteiger partial charge is 0.259 e. The number of nitrogens with zero attached hydrogens (tertiary/aromatic N) is 3. The SMILES string of the molecule is O=C(Nc1nncs1)c1ccc(NCc2ccccc2OCC2CC2)nc1. The lowest BCUT2D eigenvalue weighted by molar-refractivity contribution is 0.102. The van der Waals surface area contributed by atoms with Crippen molar-refractivity contribution >= 4 is 28.2 Å². The Labute approximate surface area is 160 Å². The van der Waals surface area contributed by atoms with Crippen LogP contribution < -0.4 is 15.4 Å². The van der Waals surface area contributed by atoms with Crippen molar-refractivity contribution in [1.29, 1.82) is 0 Å². The molecule has 8 heteroatoms. The number of hydrogen-bond acceptors (Lipinski definition) is 7. The van der Waals surface area contributed by atoms with Crippen LogP contribution in [-0.4, -0.2) is 27.7 Å². The Morgan fingerprint density at radius 3 is 2.85 bits per heavy atom. The van der Waals surface area contributed by atoms with E-state index in [1.165, 1.54) is 30.4 Å². The van der Waals surface area contributed by atoms with Crippen LogP contribution in [0.1, 0.15) is 28.8 Å². The van der Waals surface area contributed by atoms with E-state index < -0.39 is 0 Å². The molecule has 27 heavy (non-hydrogen) atoms. The van der Waals surface area contributed by atoms with Crippen LogP contribution in [0.5, 0.6) is 5.75 Å². The Balaban J connectivity index is 1.34. The molecule has 0 spiro atoms. The first-order valence-electron chi connectivity index (χ1n) is 8.76. The molecule has 3 aromatic rings. The molecule has 4 rings (SSSR count). The maximum absolute atomic E-state index is 12.1. The van der Waals surface area contributed by atoms with Gasteiger partial charge in [0.05, 0.1) is 12.2 Å². The van der Waals surface area contributed by atoms with Crippen LogP contribution in [0.3, 0.4) is 0 Å². The summed E-state index contributed by atoms with van der Waals surface area (Å²) in [4.78, 5) is 16.4. The normalized spacial score (nSPS) is 13.2. The number of benzene rings is 1. The van der Waals surface area contributed by atoms with Gasteiger partial charge in [0, 0.05) is 18.3 Å². The van der Waals surface area contributed by atoms with Gasteiger partial charge in [0.2, 0.25) is 5.13 Å². The minimum absolute atomic E-state index is 0.260. The molecule has 1 aliphatic rings. The number of hydrogen-bond donors (Lipinski definition) is 2. The first-order chi connectivity index (χ1) is 13.3. The molecule has 0 unspecified atom stereocenters. The van der Waals surface area contributed by atoms with Gasteiger partial charge in [0.15, 0.2) is 0 Å². The molecule has 0 atom stereocenters. The lowest BCUT2D eigenvalue weighted by atomic mass is 10.2. The third kappa shape index (κ3) is 4.79. The molecule has 0 saturated heterocycles. The third-order valence-corrected chi connectivity index (χ3v) is 4.82. The number of anilines is 2. The fourth-order valence-corrected chi connectivity index (χ4v) is 2.94. The second-order valence-corrected chi connectivity index (χ2v) is 7.18. The number of rotatable bonds is 8. The molecule has 2 aromatic heterocycles. The van der Waals surface area contributed by atoms with Crippen molar-refractivity contribution in [1.82, 2.24) is 15.2 Å². The average molecular weight is 381 g/mol. The maximum Gasteiger partial charge on any atom is 0.259 e. The Kier molecular flexibility index (Phi) is 5.24. The van der Waals surface area contributed by atoms with Crippen LogP contribution in [0.15, 0.2) is 48.1 Å². The predicted octanol–water partition coefficient (Wildman–Crippen LogP) is 3.59. The molecule has 1 fully saturated rings. The van der Waals surface area contributed by atoms with Gasteiger partial charge in [-0.05, 0) is 37.0 Å². The fourth-order valence-electron chi connectivity index (χ4n) is 2.50. The second kappa shape index (κ2) is 8.13. The van der Waals surface area contributed by atoms with Crippen LogP contribution in [0, 0.1) is 5.92 Å². The van der Waals surface area contributed by atoms with Gasteiger partial charge < -0.3 is 10.1 Å². The topological polar surface area (TPSA) is 89.0 Å². The lowest BCUT2D eigenvalue weighted by Gasteiger charge is -2.12. The van der Waals surface area contributed by atoms with E-state index in [0.717, 1.165) is 17.9 Å². The number of carbonyl (C=O) groups is 1. The lowest BCUT2D eigenvalue weighted by Crippen LogP contribution is -2.12. The van der Waals surface area contributed by atoms with Gasteiger partial charge in [-0.1, -0.05) is 29.5 Å². The van der Waals surface area contributed by atoms with Crippen LogP contribution in [0.2, 0.25) is 0 Å². The Morgan fingerprint density at radius 2 is 2.11 bits per heavy atom. The molecule has 2 heterocycles. The molecule has 7 nitrogen and oxygen atoms in total. The molecular formula is C19H19N5O2S. The molecule has 1 aliphatic carbocycles. The van der Waals surface area contributed by atoms with E-state index in [0.29, 0.717) is 29.0 Å². The van der Waals surface area contributed by atoms with Gasteiger partial charge in [0.1, 0.15) is 17.1 Å². The summed E-state index contributed by atoms with van der Waals surface area (Å²) in [6.45, 7) is 1.39. The third-order valence-electron chi connectivity index (χ3n) is 4.21. The zero-order chi connectivity index (χ0) is 18.5. The Bertz CT molecular complexity index is 895. The highest BCUT2D eigenvalue weighted by molar-refractivity contribution is 7.13. The van der Waals surface area contributed by atoms with E-state index in [4.69, 9.17) is 4.74 Å². The fraction of sp³-hybridized carbons (Fsp3) is 0.263. The van der Waals surface area contributed by atoms with Crippen LogP contribution in [0.4, 0.5) is 10.9 Å². The molecule has 0 aliphatic heterocycles. The molecule has 138 valence electrons. The minimum atomic E-state index is -0.260. The Morgan fingerprint density at radius 1 is 1.22 bits per heavy atom. The maximum atomic E-state index is 12.1. The molecule has 0 bridgehead atoms. The van der Waals surface area contributed by atoms with E-state index in [1.807, 2.05) is 24.3 Å².